The maximum Gasteiger partial charge on any atom is 0.397 e. The number of aliphatic hydroxyl groups is 4. The molecule has 9 nitrogen and oxygen atoms in total. The summed E-state index contributed by atoms with van der Waals surface area (Å²) >= 11 is 0. The summed E-state index contributed by atoms with van der Waals surface area (Å²) in [7, 11) is -4.50. The molecular formula is C25H53NO8S. The molecule has 1 rings (SSSR count). The molecule has 1 aliphatic rings. The smallest absolute Gasteiger partial charge is 0.387 e. The van der Waals surface area contributed by atoms with Crippen LogP contribution in [0.1, 0.15) is 125 Å². The molecule has 0 spiro atoms. The van der Waals surface area contributed by atoms with Gasteiger partial charge in [0.05, 0.1) is 5.60 Å². The normalized spacial score (nSPS) is 23.7. The first-order valence-corrected chi connectivity index (χ1v) is 15.0. The number of hydrogen-bond acceptors (Lipinski definition) is 8. The third kappa shape index (κ3) is 12.6. The number of nitrogens with zero attached hydrogens (tertiary/aromatic N) is 1. The summed E-state index contributed by atoms with van der Waals surface area (Å²) in [5, 5.41) is 39.2. The summed E-state index contributed by atoms with van der Waals surface area (Å²) < 4.78 is 35.1. The van der Waals surface area contributed by atoms with Gasteiger partial charge in [0.25, 0.3) is 0 Å². The van der Waals surface area contributed by atoms with Crippen LogP contribution in [-0.2, 0) is 14.6 Å². The Morgan fingerprint density at radius 3 is 1.63 bits per heavy atom. The van der Waals surface area contributed by atoms with Crippen LogP contribution < -0.4 is 0 Å². The Labute approximate surface area is 213 Å². The first-order chi connectivity index (χ1) is 16.4. The van der Waals surface area contributed by atoms with Gasteiger partial charge in [0.15, 0.2) is 0 Å². The van der Waals surface area contributed by atoms with Crippen LogP contribution in [0.15, 0.2) is 0 Å². The van der Waals surface area contributed by atoms with Gasteiger partial charge < -0.3 is 20.4 Å². The lowest BCUT2D eigenvalue weighted by molar-refractivity contribution is -0.180. The fourth-order valence-electron chi connectivity index (χ4n) is 4.69. The Morgan fingerprint density at radius 2 is 1.29 bits per heavy atom. The highest BCUT2D eigenvalue weighted by Gasteiger charge is 2.52. The van der Waals surface area contributed by atoms with E-state index in [9.17, 15) is 28.8 Å². The second-order valence-electron chi connectivity index (χ2n) is 9.67. The van der Waals surface area contributed by atoms with Crippen LogP contribution in [0, 0.1) is 5.92 Å². The second-order valence-corrected chi connectivity index (χ2v) is 10.7. The Hall–Kier alpha value is -0.330. The topological polar surface area (TPSA) is 148 Å². The van der Waals surface area contributed by atoms with Crippen molar-refractivity contribution in [2.45, 2.75) is 155 Å². The molecule has 0 saturated heterocycles. The lowest BCUT2D eigenvalue weighted by atomic mass is 9.66. The van der Waals surface area contributed by atoms with Gasteiger partial charge in [-0.25, -0.2) is 9.08 Å². The van der Waals surface area contributed by atoms with Crippen molar-refractivity contribution in [2.75, 3.05) is 0 Å². The number of unbranched alkanes of at least 4 members (excludes halogenated alkanes) is 6. The molecular weight excluding hydrogens is 474 g/mol. The summed E-state index contributed by atoms with van der Waals surface area (Å²) in [6, 6.07) is 0. The van der Waals surface area contributed by atoms with Crippen LogP contribution in [-0.4, -0.2) is 68.7 Å². The minimum atomic E-state index is -4.50. The van der Waals surface area contributed by atoms with Crippen LogP contribution in [0.3, 0.4) is 0 Å². The van der Waals surface area contributed by atoms with Gasteiger partial charge in [-0.15, -0.1) is 0 Å². The van der Waals surface area contributed by atoms with Gasteiger partial charge in [0.1, 0.15) is 24.8 Å². The summed E-state index contributed by atoms with van der Waals surface area (Å²) in [6.07, 6.45) is 9.59. The SMILES string of the molecule is CCC(O)N(C(O)CC)C(O)CC.CCCCCCCCCC(CC)C1(O)CCC1OS(=O)(=O)O. The number of hydrogen-bond donors (Lipinski definition) is 5. The van der Waals surface area contributed by atoms with Crippen molar-refractivity contribution in [3.8, 4) is 0 Å². The Balaban J connectivity index is 0.000000761. The zero-order valence-electron chi connectivity index (χ0n) is 22.6. The van der Waals surface area contributed by atoms with E-state index < -0.39 is 40.8 Å². The standard InChI is InChI=1S/C16H32O5S.C9H21NO3/c1-3-5-6-7-8-9-10-11-14(4-2)16(17)13-12-15(16)21-22(18,19)20;1-4-7(11)10(8(12)5-2)9(13)6-3/h14-15,17H,3-13H2,1-2H3,(H,18,19,20);7-9,11-13H,4-6H2,1-3H3. The molecule has 0 aliphatic heterocycles. The van der Waals surface area contributed by atoms with Crippen molar-refractivity contribution in [3.05, 3.63) is 0 Å². The van der Waals surface area contributed by atoms with Crippen LogP contribution in [0.5, 0.6) is 0 Å². The second kappa shape index (κ2) is 18.0. The molecule has 1 aliphatic carbocycles. The van der Waals surface area contributed by atoms with E-state index in [-0.39, 0.29) is 5.92 Å². The molecule has 5 N–H and O–H groups in total. The van der Waals surface area contributed by atoms with E-state index in [0.29, 0.717) is 32.1 Å². The highest BCUT2D eigenvalue weighted by atomic mass is 32.3. The van der Waals surface area contributed by atoms with Crippen LogP contribution >= 0.6 is 0 Å². The van der Waals surface area contributed by atoms with Crippen LogP contribution in [0.4, 0.5) is 0 Å². The molecule has 0 heterocycles. The molecule has 0 aromatic heterocycles. The van der Waals surface area contributed by atoms with E-state index in [1.807, 2.05) is 27.7 Å². The molecule has 212 valence electrons. The Kier molecular flexibility index (Phi) is 17.8. The number of aliphatic hydroxyl groups excluding tert-OH is 3. The summed E-state index contributed by atoms with van der Waals surface area (Å²) in [5.41, 5.74) is -1.10. The molecule has 0 aromatic rings. The average molecular weight is 528 g/mol. The molecule has 0 amide bonds. The van der Waals surface area contributed by atoms with E-state index in [1.54, 1.807) is 0 Å². The molecule has 0 aromatic carbocycles. The molecule has 0 radical (unpaired) electrons. The first-order valence-electron chi connectivity index (χ1n) is 13.6. The Bertz CT molecular complexity index is 611. The highest BCUT2D eigenvalue weighted by Crippen LogP contribution is 2.44. The molecule has 6 atom stereocenters. The van der Waals surface area contributed by atoms with E-state index in [0.717, 1.165) is 25.7 Å². The maximum absolute atomic E-state index is 10.8. The first kappa shape index (κ1) is 34.7. The Morgan fingerprint density at radius 1 is 0.829 bits per heavy atom. The van der Waals surface area contributed by atoms with Gasteiger partial charge in [-0.1, -0.05) is 86.0 Å². The fraction of sp³-hybridized carbons (Fsp3) is 1.00. The predicted molar refractivity (Wildman–Crippen MR) is 138 cm³/mol. The van der Waals surface area contributed by atoms with E-state index in [1.165, 1.54) is 37.0 Å². The van der Waals surface area contributed by atoms with Gasteiger partial charge >= 0.3 is 10.4 Å². The van der Waals surface area contributed by atoms with E-state index in [4.69, 9.17) is 4.55 Å². The van der Waals surface area contributed by atoms with Gasteiger partial charge in [0.2, 0.25) is 0 Å². The maximum atomic E-state index is 10.8. The zero-order valence-corrected chi connectivity index (χ0v) is 23.4. The van der Waals surface area contributed by atoms with E-state index in [2.05, 4.69) is 11.1 Å². The molecule has 35 heavy (non-hydrogen) atoms. The van der Waals surface area contributed by atoms with Gasteiger partial charge in [-0.2, -0.15) is 8.42 Å². The van der Waals surface area contributed by atoms with Crippen molar-refractivity contribution >= 4 is 10.4 Å². The third-order valence-corrected chi connectivity index (χ3v) is 7.56. The van der Waals surface area contributed by atoms with Crippen molar-refractivity contribution in [2.24, 2.45) is 5.92 Å². The zero-order chi connectivity index (χ0) is 27.1. The molecule has 0 bridgehead atoms. The van der Waals surface area contributed by atoms with Crippen LogP contribution in [0.25, 0.3) is 0 Å². The lowest BCUT2D eigenvalue weighted by Gasteiger charge is -2.48. The lowest BCUT2D eigenvalue weighted by Crippen LogP contribution is -2.58. The van der Waals surface area contributed by atoms with Gasteiger partial charge in [-0.3, -0.25) is 4.55 Å². The minimum Gasteiger partial charge on any atom is -0.387 e. The van der Waals surface area contributed by atoms with Gasteiger partial charge in [-0.05, 0) is 44.4 Å². The molecule has 6 unspecified atom stereocenters. The predicted octanol–water partition coefficient (Wildman–Crippen LogP) is 4.34. The summed E-state index contributed by atoms with van der Waals surface area (Å²) in [4.78, 5) is 1.33. The van der Waals surface area contributed by atoms with Crippen molar-refractivity contribution in [3.63, 3.8) is 0 Å². The average Bonchev–Trinajstić information content (AvgIpc) is 2.82. The van der Waals surface area contributed by atoms with Crippen LogP contribution in [0.2, 0.25) is 0 Å². The van der Waals surface area contributed by atoms with Crippen molar-refractivity contribution in [1.29, 1.82) is 0 Å². The minimum absolute atomic E-state index is 0.0311. The molecule has 1 fully saturated rings. The van der Waals surface area contributed by atoms with Gasteiger partial charge in [0, 0.05) is 0 Å². The summed E-state index contributed by atoms with van der Waals surface area (Å²) in [5.74, 6) is 0.0311. The number of rotatable bonds is 18. The largest absolute Gasteiger partial charge is 0.397 e. The monoisotopic (exact) mass is 527 g/mol. The van der Waals surface area contributed by atoms with Crippen molar-refractivity contribution < 1.29 is 37.6 Å². The third-order valence-electron chi connectivity index (χ3n) is 7.09. The molecule has 10 heteroatoms. The van der Waals surface area contributed by atoms with Crippen molar-refractivity contribution in [1.82, 2.24) is 4.90 Å². The quantitative estimate of drug-likeness (QED) is 0.0997. The fourth-order valence-corrected chi connectivity index (χ4v) is 5.24. The van der Waals surface area contributed by atoms with E-state index >= 15 is 0 Å². The summed E-state index contributed by atoms with van der Waals surface area (Å²) in [6.45, 7) is 9.64. The highest BCUT2D eigenvalue weighted by molar-refractivity contribution is 7.80. The molecule has 1 saturated carbocycles.